The second-order valence-electron chi connectivity index (χ2n) is 18.0. The van der Waals surface area contributed by atoms with Gasteiger partial charge in [-0.25, -0.2) is 4.79 Å². The van der Waals surface area contributed by atoms with E-state index in [2.05, 4.69) is 12.6 Å². The van der Waals surface area contributed by atoms with Gasteiger partial charge < -0.3 is 37.9 Å². The Labute approximate surface area is 342 Å². The standard InChI is InChI=1S/C43H72O12S/c1-16-48-35(46)43(15,29-52-34(45)40(10,11)55-38(6,7)22-24-53-37(4,5)23-25-56)30-54-41(12,13)39(8,9)33(44)51-28-42(14,27-50-31(2)3)36(47)49-26-32-20-18-17-19-21-32/h17-21,31,56H,16,22-30H2,1-15H3. The molecule has 0 aliphatic carbocycles. The van der Waals surface area contributed by atoms with Crippen molar-refractivity contribution in [3.8, 4) is 0 Å². The van der Waals surface area contributed by atoms with E-state index < -0.39 is 56.9 Å². The fourth-order valence-electron chi connectivity index (χ4n) is 5.14. The summed E-state index contributed by atoms with van der Waals surface area (Å²) in [5.41, 5.74) is -6.89. The maximum absolute atomic E-state index is 13.8. The van der Waals surface area contributed by atoms with Crippen LogP contribution in [0.5, 0.6) is 0 Å². The van der Waals surface area contributed by atoms with Crippen molar-refractivity contribution in [1.29, 1.82) is 0 Å². The molecule has 0 heterocycles. The molecule has 13 heteroatoms. The Kier molecular flexibility index (Phi) is 19.6. The minimum atomic E-state index is -1.45. The first-order valence-corrected chi connectivity index (χ1v) is 20.2. The van der Waals surface area contributed by atoms with Crippen molar-refractivity contribution in [2.45, 2.75) is 152 Å². The highest BCUT2D eigenvalue weighted by molar-refractivity contribution is 7.80. The van der Waals surface area contributed by atoms with Crippen LogP contribution in [-0.2, 0) is 63.7 Å². The first kappa shape index (κ1) is 51.3. The van der Waals surface area contributed by atoms with Gasteiger partial charge in [-0.3, -0.25) is 14.4 Å². The molecule has 1 rings (SSSR count). The van der Waals surface area contributed by atoms with Gasteiger partial charge in [-0.05, 0) is 128 Å². The normalized spacial score (nSPS) is 15.1. The fourth-order valence-corrected chi connectivity index (χ4v) is 5.68. The van der Waals surface area contributed by atoms with Crippen molar-refractivity contribution < 1.29 is 57.1 Å². The Morgan fingerprint density at radius 1 is 0.625 bits per heavy atom. The lowest BCUT2D eigenvalue weighted by atomic mass is 9.76. The molecule has 1 aromatic carbocycles. The van der Waals surface area contributed by atoms with Crippen LogP contribution >= 0.6 is 12.6 Å². The minimum Gasteiger partial charge on any atom is -0.465 e. The van der Waals surface area contributed by atoms with E-state index in [9.17, 15) is 19.2 Å². The Morgan fingerprint density at radius 3 is 1.70 bits per heavy atom. The molecule has 56 heavy (non-hydrogen) atoms. The van der Waals surface area contributed by atoms with Gasteiger partial charge in [0, 0.05) is 0 Å². The third kappa shape index (κ3) is 16.3. The van der Waals surface area contributed by atoms with Gasteiger partial charge in [-0.15, -0.1) is 0 Å². The SMILES string of the molecule is CCOC(=O)C(C)(COC(=O)C(C)(C)OC(C)(C)CCOC(C)(C)CCS)COC(C)(C)C(C)(C)C(=O)OCC(C)(COC(C)C)C(=O)OCc1ccccc1. The number of ether oxygens (including phenoxy) is 8. The Morgan fingerprint density at radius 2 is 1.16 bits per heavy atom. The number of carbonyl (C=O) groups excluding carboxylic acids is 4. The molecule has 12 nitrogen and oxygen atoms in total. The van der Waals surface area contributed by atoms with E-state index in [1.165, 1.54) is 0 Å². The highest BCUT2D eigenvalue weighted by atomic mass is 32.1. The van der Waals surface area contributed by atoms with Gasteiger partial charge >= 0.3 is 23.9 Å². The molecule has 0 spiro atoms. The number of esters is 4. The van der Waals surface area contributed by atoms with Gasteiger partial charge in [-0.2, -0.15) is 12.6 Å². The first-order valence-electron chi connectivity index (χ1n) is 19.5. The van der Waals surface area contributed by atoms with Gasteiger partial charge in [0.1, 0.15) is 30.7 Å². The van der Waals surface area contributed by atoms with Gasteiger partial charge in [-0.1, -0.05) is 30.3 Å². The van der Waals surface area contributed by atoms with Crippen molar-refractivity contribution in [3.05, 3.63) is 35.9 Å². The third-order valence-electron chi connectivity index (χ3n) is 9.95. The fraction of sp³-hybridized carbons (Fsp3) is 0.767. The average Bonchev–Trinajstić information content (AvgIpc) is 3.09. The lowest BCUT2D eigenvalue weighted by Crippen LogP contribution is -2.52. The summed E-state index contributed by atoms with van der Waals surface area (Å²) < 4.78 is 46.9. The maximum atomic E-state index is 13.8. The van der Waals surface area contributed by atoms with E-state index >= 15 is 0 Å². The van der Waals surface area contributed by atoms with Crippen molar-refractivity contribution in [2.24, 2.45) is 16.2 Å². The Hall–Kier alpha value is -2.71. The van der Waals surface area contributed by atoms with Crippen LogP contribution in [0.2, 0.25) is 0 Å². The molecule has 0 amide bonds. The van der Waals surface area contributed by atoms with Crippen molar-refractivity contribution in [1.82, 2.24) is 0 Å². The quantitative estimate of drug-likeness (QED) is 0.0556. The molecule has 2 unspecified atom stereocenters. The van der Waals surface area contributed by atoms with E-state index in [-0.39, 0.29) is 51.3 Å². The van der Waals surface area contributed by atoms with Gasteiger partial charge in [0.25, 0.3) is 0 Å². The molecular weight excluding hydrogens is 741 g/mol. The zero-order valence-electron chi connectivity index (χ0n) is 36.9. The lowest BCUT2D eigenvalue weighted by Gasteiger charge is -2.42. The minimum absolute atomic E-state index is 0.0364. The monoisotopic (exact) mass is 812 g/mol. The third-order valence-corrected chi connectivity index (χ3v) is 10.2. The number of benzene rings is 1. The number of hydrogen-bond donors (Lipinski definition) is 1. The van der Waals surface area contributed by atoms with Gasteiger partial charge in [0.05, 0.1) is 54.7 Å². The van der Waals surface area contributed by atoms with Crippen LogP contribution in [0.25, 0.3) is 0 Å². The van der Waals surface area contributed by atoms with E-state index in [4.69, 9.17) is 37.9 Å². The molecule has 0 radical (unpaired) electrons. The van der Waals surface area contributed by atoms with Gasteiger partial charge in [0.2, 0.25) is 0 Å². The molecule has 0 saturated heterocycles. The van der Waals surface area contributed by atoms with Crippen LogP contribution in [0.3, 0.4) is 0 Å². The predicted octanol–water partition coefficient (Wildman–Crippen LogP) is 7.72. The second-order valence-corrected chi connectivity index (χ2v) is 18.5. The molecular formula is C43H72O12S. The van der Waals surface area contributed by atoms with E-state index in [0.29, 0.717) is 18.8 Å². The lowest BCUT2D eigenvalue weighted by molar-refractivity contribution is -0.201. The molecule has 1 aromatic rings. The Balaban J connectivity index is 3.05. The first-order chi connectivity index (χ1) is 25.6. The number of thiol groups is 1. The summed E-state index contributed by atoms with van der Waals surface area (Å²) in [6.45, 7) is 25.8. The van der Waals surface area contributed by atoms with Crippen LogP contribution in [0, 0.1) is 16.2 Å². The van der Waals surface area contributed by atoms with Crippen molar-refractivity contribution in [3.63, 3.8) is 0 Å². The summed E-state index contributed by atoms with van der Waals surface area (Å²) in [7, 11) is 0. The molecule has 0 saturated carbocycles. The van der Waals surface area contributed by atoms with E-state index in [1.807, 2.05) is 71.9 Å². The van der Waals surface area contributed by atoms with Crippen molar-refractivity contribution >= 4 is 36.5 Å². The number of hydrogen-bond acceptors (Lipinski definition) is 13. The van der Waals surface area contributed by atoms with Crippen LogP contribution < -0.4 is 0 Å². The maximum Gasteiger partial charge on any atom is 0.337 e. The zero-order valence-corrected chi connectivity index (χ0v) is 37.8. The second kappa shape index (κ2) is 21.3. The smallest absolute Gasteiger partial charge is 0.337 e. The summed E-state index contributed by atoms with van der Waals surface area (Å²) in [6, 6.07) is 9.27. The zero-order chi connectivity index (χ0) is 43.2. The van der Waals surface area contributed by atoms with E-state index in [0.717, 1.165) is 12.0 Å². The number of rotatable bonds is 26. The van der Waals surface area contributed by atoms with Crippen LogP contribution in [0.1, 0.15) is 122 Å². The van der Waals surface area contributed by atoms with Crippen LogP contribution in [0.4, 0.5) is 0 Å². The Bertz CT molecular complexity index is 1400. The summed E-state index contributed by atoms with van der Waals surface area (Å²) in [5, 5.41) is 0. The van der Waals surface area contributed by atoms with Crippen molar-refractivity contribution in [2.75, 3.05) is 45.4 Å². The summed E-state index contributed by atoms with van der Waals surface area (Å²) in [5.74, 6) is -1.83. The molecule has 2 atom stereocenters. The average molecular weight is 813 g/mol. The topological polar surface area (TPSA) is 142 Å². The summed E-state index contributed by atoms with van der Waals surface area (Å²) in [4.78, 5) is 53.9. The van der Waals surface area contributed by atoms with E-state index in [1.54, 1.807) is 62.3 Å². The molecule has 322 valence electrons. The predicted molar refractivity (Wildman–Crippen MR) is 218 cm³/mol. The van der Waals surface area contributed by atoms with Gasteiger partial charge in [0.15, 0.2) is 5.60 Å². The molecule has 0 aliphatic rings. The van der Waals surface area contributed by atoms with Crippen LogP contribution in [-0.4, -0.2) is 97.8 Å². The highest BCUT2D eigenvalue weighted by Crippen LogP contribution is 2.38. The number of carbonyl (C=O) groups is 4. The molecule has 0 aromatic heterocycles. The van der Waals surface area contributed by atoms with Crippen LogP contribution in [0.15, 0.2) is 30.3 Å². The highest BCUT2D eigenvalue weighted by Gasteiger charge is 2.50. The summed E-state index contributed by atoms with van der Waals surface area (Å²) >= 11 is 4.30. The molecule has 0 N–H and O–H groups in total. The molecule has 0 bridgehead atoms. The summed E-state index contributed by atoms with van der Waals surface area (Å²) in [6.07, 6.45) is 1.13. The molecule has 0 aliphatic heterocycles. The largest absolute Gasteiger partial charge is 0.465 e. The molecule has 0 fully saturated rings.